The fourth-order valence-electron chi connectivity index (χ4n) is 2.42. The van der Waals surface area contributed by atoms with E-state index in [-0.39, 0.29) is 5.75 Å². The van der Waals surface area contributed by atoms with Gasteiger partial charge in [-0.25, -0.2) is 5.43 Å². The van der Waals surface area contributed by atoms with Gasteiger partial charge in [0.15, 0.2) is 0 Å². The molecule has 0 atom stereocenters. The molecule has 3 aromatic carbocycles. The Labute approximate surface area is 149 Å². The van der Waals surface area contributed by atoms with E-state index in [0.717, 1.165) is 10.8 Å². The van der Waals surface area contributed by atoms with Crippen LogP contribution in [0.1, 0.15) is 15.9 Å². The summed E-state index contributed by atoms with van der Waals surface area (Å²) in [7, 11) is 1.51. The van der Waals surface area contributed by atoms with Crippen molar-refractivity contribution >= 4 is 34.5 Å². The molecule has 126 valence electrons. The minimum Gasteiger partial charge on any atom is -0.507 e. The number of phenols is 1. The summed E-state index contributed by atoms with van der Waals surface area (Å²) >= 11 is 5.87. The van der Waals surface area contributed by atoms with Gasteiger partial charge in [0.1, 0.15) is 11.5 Å². The molecule has 25 heavy (non-hydrogen) atoms. The van der Waals surface area contributed by atoms with Crippen LogP contribution in [0.15, 0.2) is 59.7 Å². The zero-order chi connectivity index (χ0) is 17.8. The van der Waals surface area contributed by atoms with Gasteiger partial charge in [0.05, 0.1) is 18.9 Å². The number of halogens is 1. The first-order valence-electron chi connectivity index (χ1n) is 7.47. The number of rotatable bonds is 4. The predicted octanol–water partition coefficient (Wildman–Crippen LogP) is 3.97. The molecule has 0 aliphatic carbocycles. The zero-order valence-electron chi connectivity index (χ0n) is 13.4. The highest BCUT2D eigenvalue weighted by atomic mass is 35.5. The van der Waals surface area contributed by atoms with Gasteiger partial charge in [-0.2, -0.15) is 5.10 Å². The molecule has 3 rings (SSSR count). The summed E-state index contributed by atoms with van der Waals surface area (Å²) in [6.45, 7) is 0. The molecule has 0 bridgehead atoms. The molecule has 0 aromatic heterocycles. The number of ether oxygens (including phenoxy) is 1. The molecular weight excluding hydrogens is 340 g/mol. The number of nitrogens with one attached hydrogen (secondary N) is 1. The Morgan fingerprint density at radius 3 is 2.60 bits per heavy atom. The van der Waals surface area contributed by atoms with Crippen LogP contribution < -0.4 is 10.2 Å². The van der Waals surface area contributed by atoms with E-state index in [1.165, 1.54) is 19.4 Å². The van der Waals surface area contributed by atoms with Gasteiger partial charge >= 0.3 is 0 Å². The highest BCUT2D eigenvalue weighted by Gasteiger charge is 2.13. The summed E-state index contributed by atoms with van der Waals surface area (Å²) in [5.41, 5.74) is 3.20. The molecule has 0 fully saturated rings. The quantitative estimate of drug-likeness (QED) is 0.550. The standard InChI is InChI=1S/C19H15ClN2O3/c1-25-18-10-13-5-3-2-4-12(13)9-16(18)19(24)22-21-11-14-8-15(20)6-7-17(14)23/h2-11,23H,1H3,(H,22,24). The van der Waals surface area contributed by atoms with E-state index in [9.17, 15) is 9.90 Å². The van der Waals surface area contributed by atoms with E-state index < -0.39 is 5.91 Å². The number of methoxy groups -OCH3 is 1. The van der Waals surface area contributed by atoms with Crippen LogP contribution >= 0.6 is 11.6 Å². The van der Waals surface area contributed by atoms with Crippen LogP contribution in [0.25, 0.3) is 10.8 Å². The molecule has 0 heterocycles. The van der Waals surface area contributed by atoms with E-state index in [0.29, 0.717) is 21.9 Å². The maximum absolute atomic E-state index is 12.4. The summed E-state index contributed by atoms with van der Waals surface area (Å²) in [5, 5.41) is 16.0. The van der Waals surface area contributed by atoms with Crippen molar-refractivity contribution in [3.8, 4) is 11.5 Å². The fraction of sp³-hybridized carbons (Fsp3) is 0.0526. The van der Waals surface area contributed by atoms with Gasteiger partial charge in [0.2, 0.25) is 0 Å². The number of carbonyl (C=O) groups excluding carboxylic acids is 1. The Balaban J connectivity index is 1.84. The van der Waals surface area contributed by atoms with Crippen LogP contribution in [0.5, 0.6) is 11.5 Å². The van der Waals surface area contributed by atoms with Crippen molar-refractivity contribution in [3.63, 3.8) is 0 Å². The van der Waals surface area contributed by atoms with Crippen LogP contribution in [0.4, 0.5) is 0 Å². The second-order valence-electron chi connectivity index (χ2n) is 5.30. The van der Waals surface area contributed by atoms with Gasteiger partial charge in [0, 0.05) is 10.6 Å². The van der Waals surface area contributed by atoms with E-state index in [4.69, 9.17) is 16.3 Å². The van der Waals surface area contributed by atoms with Crippen LogP contribution in [0, 0.1) is 0 Å². The van der Waals surface area contributed by atoms with Crippen LogP contribution in [-0.4, -0.2) is 24.3 Å². The second-order valence-corrected chi connectivity index (χ2v) is 5.74. The Bertz CT molecular complexity index is 970. The first-order chi connectivity index (χ1) is 12.1. The van der Waals surface area contributed by atoms with Crippen molar-refractivity contribution in [2.45, 2.75) is 0 Å². The molecule has 6 heteroatoms. The number of carbonyl (C=O) groups is 1. The molecule has 0 aliphatic heterocycles. The number of hydrogen-bond donors (Lipinski definition) is 2. The Morgan fingerprint density at radius 1 is 1.16 bits per heavy atom. The summed E-state index contributed by atoms with van der Waals surface area (Å²) in [4.78, 5) is 12.4. The SMILES string of the molecule is COc1cc2ccccc2cc1C(=O)NN=Cc1cc(Cl)ccc1O. The lowest BCUT2D eigenvalue weighted by Gasteiger charge is -2.09. The third-order valence-corrected chi connectivity index (χ3v) is 3.91. The molecule has 0 saturated carbocycles. The molecule has 0 saturated heterocycles. The maximum atomic E-state index is 12.4. The predicted molar refractivity (Wildman–Crippen MR) is 98.7 cm³/mol. The summed E-state index contributed by atoms with van der Waals surface area (Å²) in [6, 6.07) is 15.8. The Kier molecular flexibility index (Phi) is 4.86. The van der Waals surface area contributed by atoms with Crippen molar-refractivity contribution in [2.75, 3.05) is 7.11 Å². The highest BCUT2D eigenvalue weighted by Crippen LogP contribution is 2.26. The number of phenolic OH excluding ortho intramolecular Hbond substituents is 1. The van der Waals surface area contributed by atoms with E-state index in [1.807, 2.05) is 24.3 Å². The number of fused-ring (bicyclic) bond motifs is 1. The highest BCUT2D eigenvalue weighted by molar-refractivity contribution is 6.30. The number of nitrogens with zero attached hydrogens (tertiary/aromatic N) is 1. The van der Waals surface area contributed by atoms with Gasteiger partial charge in [-0.05, 0) is 41.1 Å². The average molecular weight is 355 g/mol. The molecule has 0 radical (unpaired) electrons. The molecule has 0 aliphatic rings. The summed E-state index contributed by atoms with van der Waals surface area (Å²) in [6.07, 6.45) is 1.33. The van der Waals surface area contributed by atoms with Crippen molar-refractivity contribution in [2.24, 2.45) is 5.10 Å². The third-order valence-electron chi connectivity index (χ3n) is 3.67. The number of hydrogen-bond acceptors (Lipinski definition) is 4. The lowest BCUT2D eigenvalue weighted by Crippen LogP contribution is -2.18. The summed E-state index contributed by atoms with van der Waals surface area (Å²) < 4.78 is 5.30. The molecule has 0 unspecified atom stereocenters. The Hall–Kier alpha value is -3.05. The van der Waals surface area contributed by atoms with Crippen molar-refractivity contribution in [3.05, 3.63) is 70.7 Å². The molecule has 5 nitrogen and oxygen atoms in total. The Morgan fingerprint density at radius 2 is 1.88 bits per heavy atom. The largest absolute Gasteiger partial charge is 0.507 e. The molecule has 3 aromatic rings. The fourth-order valence-corrected chi connectivity index (χ4v) is 2.60. The molecule has 0 spiro atoms. The van der Waals surface area contributed by atoms with Crippen molar-refractivity contribution in [1.82, 2.24) is 5.43 Å². The average Bonchev–Trinajstić information content (AvgIpc) is 2.63. The van der Waals surface area contributed by atoms with Gasteiger partial charge < -0.3 is 9.84 Å². The summed E-state index contributed by atoms with van der Waals surface area (Å²) in [5.74, 6) is 0.0584. The zero-order valence-corrected chi connectivity index (χ0v) is 14.1. The van der Waals surface area contributed by atoms with Crippen molar-refractivity contribution < 1.29 is 14.6 Å². The normalized spacial score (nSPS) is 11.0. The molecule has 2 N–H and O–H groups in total. The third kappa shape index (κ3) is 3.72. The number of amides is 1. The first-order valence-corrected chi connectivity index (χ1v) is 7.85. The van der Waals surface area contributed by atoms with Gasteiger partial charge in [0.25, 0.3) is 5.91 Å². The van der Waals surface area contributed by atoms with E-state index in [1.54, 1.807) is 24.3 Å². The number of benzene rings is 3. The molecule has 1 amide bonds. The van der Waals surface area contributed by atoms with Crippen LogP contribution in [0.3, 0.4) is 0 Å². The lowest BCUT2D eigenvalue weighted by atomic mass is 10.1. The topological polar surface area (TPSA) is 70.9 Å². The van der Waals surface area contributed by atoms with Gasteiger partial charge in [-0.15, -0.1) is 0 Å². The number of aromatic hydroxyl groups is 1. The van der Waals surface area contributed by atoms with Gasteiger partial charge in [-0.3, -0.25) is 4.79 Å². The number of hydrazone groups is 1. The second kappa shape index (κ2) is 7.23. The van der Waals surface area contributed by atoms with Crippen LogP contribution in [-0.2, 0) is 0 Å². The first kappa shape index (κ1) is 16.8. The van der Waals surface area contributed by atoms with Crippen molar-refractivity contribution in [1.29, 1.82) is 0 Å². The lowest BCUT2D eigenvalue weighted by molar-refractivity contribution is 0.0952. The maximum Gasteiger partial charge on any atom is 0.275 e. The molecular formula is C19H15ClN2O3. The van der Waals surface area contributed by atoms with E-state index >= 15 is 0 Å². The van der Waals surface area contributed by atoms with Gasteiger partial charge in [-0.1, -0.05) is 35.9 Å². The minimum absolute atomic E-state index is 0.0192. The van der Waals surface area contributed by atoms with E-state index in [2.05, 4.69) is 10.5 Å². The smallest absolute Gasteiger partial charge is 0.275 e. The monoisotopic (exact) mass is 354 g/mol. The van der Waals surface area contributed by atoms with Crippen LogP contribution in [0.2, 0.25) is 5.02 Å². The minimum atomic E-state index is -0.416.